The molecule has 0 heterocycles. The minimum atomic E-state index is -0.940. The molecule has 0 aliphatic carbocycles. The highest BCUT2D eigenvalue weighted by Crippen LogP contribution is 2.09. The van der Waals surface area contributed by atoms with Crippen LogP contribution in [0, 0.1) is 0 Å². The first-order chi connectivity index (χ1) is 8.02. The molecule has 2 unspecified atom stereocenters. The summed E-state index contributed by atoms with van der Waals surface area (Å²) in [6.07, 6.45) is 1.62. The second-order valence-electron chi connectivity index (χ2n) is 3.94. The van der Waals surface area contributed by atoms with Crippen LogP contribution in [-0.2, 0) is 15.6 Å². The Morgan fingerprint density at radius 2 is 2.00 bits per heavy atom. The number of rotatable bonds is 5. The topological polar surface area (TPSA) is 72.2 Å². The zero-order valence-electron chi connectivity index (χ0n) is 10.1. The van der Waals surface area contributed by atoms with Gasteiger partial charge in [0.2, 0.25) is 5.91 Å². The van der Waals surface area contributed by atoms with E-state index in [9.17, 15) is 9.00 Å². The van der Waals surface area contributed by atoms with Gasteiger partial charge in [0.1, 0.15) is 6.04 Å². The van der Waals surface area contributed by atoms with Gasteiger partial charge in [0, 0.05) is 28.9 Å². The summed E-state index contributed by atoms with van der Waals surface area (Å²) in [7, 11) is -0.940. The largest absolute Gasteiger partial charge is 0.353 e. The van der Waals surface area contributed by atoms with Crippen LogP contribution in [0.15, 0.2) is 30.3 Å². The van der Waals surface area contributed by atoms with Crippen LogP contribution in [0.3, 0.4) is 0 Å². The van der Waals surface area contributed by atoms with E-state index in [1.807, 2.05) is 37.3 Å². The Balaban J connectivity index is 2.51. The van der Waals surface area contributed by atoms with Crippen molar-refractivity contribution in [1.29, 1.82) is 0 Å². The van der Waals surface area contributed by atoms with E-state index in [0.717, 1.165) is 5.56 Å². The fraction of sp³-hybridized carbons (Fsp3) is 0.417. The average Bonchev–Trinajstić information content (AvgIpc) is 2.35. The molecule has 5 heteroatoms. The van der Waals surface area contributed by atoms with Crippen LogP contribution in [0.5, 0.6) is 0 Å². The first-order valence-electron chi connectivity index (χ1n) is 5.43. The maximum absolute atomic E-state index is 11.7. The second kappa shape index (κ2) is 6.51. The molecule has 0 aromatic heterocycles. The van der Waals surface area contributed by atoms with Crippen molar-refractivity contribution in [3.63, 3.8) is 0 Å². The molecule has 0 saturated heterocycles. The summed E-state index contributed by atoms with van der Waals surface area (Å²) in [5.41, 5.74) is 6.59. The van der Waals surface area contributed by atoms with E-state index >= 15 is 0 Å². The first kappa shape index (κ1) is 13.9. The highest BCUT2D eigenvalue weighted by atomic mass is 32.2. The molecule has 17 heavy (non-hydrogen) atoms. The zero-order chi connectivity index (χ0) is 12.8. The van der Waals surface area contributed by atoms with E-state index < -0.39 is 16.8 Å². The van der Waals surface area contributed by atoms with E-state index in [4.69, 9.17) is 5.73 Å². The molecule has 1 aromatic rings. The number of hydrogen-bond acceptors (Lipinski definition) is 3. The SMILES string of the molecule is CC(CNC(=O)[C@@H](N)c1ccccc1)S(C)=O. The van der Waals surface area contributed by atoms with Gasteiger partial charge in [-0.2, -0.15) is 0 Å². The van der Waals surface area contributed by atoms with Crippen molar-refractivity contribution < 1.29 is 9.00 Å². The molecule has 0 aliphatic rings. The molecule has 0 aliphatic heterocycles. The molecule has 0 radical (unpaired) electrons. The fourth-order valence-electron chi connectivity index (χ4n) is 1.28. The van der Waals surface area contributed by atoms with Crippen molar-refractivity contribution in [3.05, 3.63) is 35.9 Å². The standard InChI is InChI=1S/C12H18N2O2S/c1-9(17(2)16)8-14-12(15)11(13)10-6-4-3-5-7-10/h3-7,9,11H,8,13H2,1-2H3,(H,14,15)/t9?,11-,17?/m0/s1. The molecule has 0 spiro atoms. The number of carbonyl (C=O) groups excluding carboxylic acids is 1. The maximum Gasteiger partial charge on any atom is 0.241 e. The fourth-order valence-corrected chi connectivity index (χ4v) is 1.60. The molecule has 0 saturated carbocycles. The summed E-state index contributed by atoms with van der Waals surface area (Å²) >= 11 is 0. The predicted octanol–water partition coefficient (Wildman–Crippen LogP) is 0.570. The minimum Gasteiger partial charge on any atom is -0.353 e. The molecule has 1 aromatic carbocycles. The first-order valence-corrected chi connectivity index (χ1v) is 7.05. The molecular weight excluding hydrogens is 236 g/mol. The van der Waals surface area contributed by atoms with Crippen molar-refractivity contribution in [2.75, 3.05) is 12.8 Å². The number of carbonyl (C=O) groups is 1. The van der Waals surface area contributed by atoms with Gasteiger partial charge in [0.25, 0.3) is 0 Å². The zero-order valence-corrected chi connectivity index (χ0v) is 10.9. The summed E-state index contributed by atoms with van der Waals surface area (Å²) in [6.45, 7) is 2.20. The Hall–Kier alpha value is -1.20. The third kappa shape index (κ3) is 4.28. The van der Waals surface area contributed by atoms with Crippen molar-refractivity contribution in [2.45, 2.75) is 18.2 Å². The van der Waals surface area contributed by atoms with Gasteiger partial charge in [-0.05, 0) is 12.5 Å². The van der Waals surface area contributed by atoms with E-state index in [-0.39, 0.29) is 11.2 Å². The quantitative estimate of drug-likeness (QED) is 0.807. The number of nitrogens with one attached hydrogen (secondary N) is 1. The summed E-state index contributed by atoms with van der Waals surface area (Å²) < 4.78 is 11.1. The molecule has 1 amide bonds. The van der Waals surface area contributed by atoms with Gasteiger partial charge in [0.05, 0.1) is 0 Å². The van der Waals surface area contributed by atoms with Crippen LogP contribution in [0.25, 0.3) is 0 Å². The third-order valence-corrected chi connectivity index (χ3v) is 3.87. The number of benzene rings is 1. The van der Waals surface area contributed by atoms with Gasteiger partial charge in [-0.25, -0.2) is 0 Å². The minimum absolute atomic E-state index is 0.0677. The Bertz CT molecular complexity index is 395. The molecule has 4 nitrogen and oxygen atoms in total. The second-order valence-corrected chi connectivity index (χ2v) is 5.74. The third-order valence-electron chi connectivity index (χ3n) is 2.57. The van der Waals surface area contributed by atoms with Gasteiger partial charge < -0.3 is 11.1 Å². The van der Waals surface area contributed by atoms with E-state index in [1.165, 1.54) is 0 Å². The van der Waals surface area contributed by atoms with Crippen LogP contribution in [-0.4, -0.2) is 28.2 Å². The predicted molar refractivity (Wildman–Crippen MR) is 69.9 cm³/mol. The van der Waals surface area contributed by atoms with Crippen LogP contribution in [0.1, 0.15) is 18.5 Å². The molecule has 3 N–H and O–H groups in total. The van der Waals surface area contributed by atoms with Gasteiger partial charge in [-0.1, -0.05) is 30.3 Å². The van der Waals surface area contributed by atoms with Gasteiger partial charge in [0.15, 0.2) is 0 Å². The summed E-state index contributed by atoms with van der Waals surface area (Å²) in [4.78, 5) is 11.7. The molecule has 0 bridgehead atoms. The molecule has 94 valence electrons. The van der Waals surface area contributed by atoms with Crippen molar-refractivity contribution in [2.24, 2.45) is 5.73 Å². The van der Waals surface area contributed by atoms with E-state index in [0.29, 0.717) is 6.54 Å². The Labute approximate surface area is 104 Å². The lowest BCUT2D eigenvalue weighted by Crippen LogP contribution is -2.38. The summed E-state index contributed by atoms with van der Waals surface area (Å²) in [5.74, 6) is -0.242. The Morgan fingerprint density at radius 3 is 2.53 bits per heavy atom. The highest BCUT2D eigenvalue weighted by molar-refractivity contribution is 7.84. The summed E-state index contributed by atoms with van der Waals surface area (Å²) in [5, 5.41) is 2.64. The van der Waals surface area contributed by atoms with Crippen LogP contribution < -0.4 is 11.1 Å². The smallest absolute Gasteiger partial charge is 0.241 e. The highest BCUT2D eigenvalue weighted by Gasteiger charge is 2.16. The van der Waals surface area contributed by atoms with Gasteiger partial charge in [-0.15, -0.1) is 0 Å². The monoisotopic (exact) mass is 254 g/mol. The van der Waals surface area contributed by atoms with Crippen molar-refractivity contribution in [1.82, 2.24) is 5.32 Å². The molecular formula is C12H18N2O2S. The van der Waals surface area contributed by atoms with Crippen LogP contribution in [0.4, 0.5) is 0 Å². The van der Waals surface area contributed by atoms with Crippen molar-refractivity contribution >= 4 is 16.7 Å². The van der Waals surface area contributed by atoms with E-state index in [2.05, 4.69) is 5.32 Å². The lowest BCUT2D eigenvalue weighted by Gasteiger charge is -2.14. The van der Waals surface area contributed by atoms with Gasteiger partial charge >= 0.3 is 0 Å². The maximum atomic E-state index is 11.7. The molecule has 3 atom stereocenters. The van der Waals surface area contributed by atoms with Crippen molar-refractivity contribution in [3.8, 4) is 0 Å². The lowest BCUT2D eigenvalue weighted by atomic mass is 10.1. The summed E-state index contributed by atoms with van der Waals surface area (Å²) in [6, 6.07) is 8.50. The van der Waals surface area contributed by atoms with Crippen LogP contribution >= 0.6 is 0 Å². The average molecular weight is 254 g/mol. The normalized spacial score (nSPS) is 15.9. The lowest BCUT2D eigenvalue weighted by molar-refractivity contribution is -0.122. The molecule has 0 fully saturated rings. The number of amides is 1. The molecule has 1 rings (SSSR count). The Kier molecular flexibility index (Phi) is 5.31. The number of nitrogens with two attached hydrogens (primary N) is 1. The number of hydrogen-bond donors (Lipinski definition) is 2. The van der Waals surface area contributed by atoms with Crippen LogP contribution in [0.2, 0.25) is 0 Å². The van der Waals surface area contributed by atoms with E-state index in [1.54, 1.807) is 6.26 Å². The Morgan fingerprint density at radius 1 is 1.41 bits per heavy atom. The van der Waals surface area contributed by atoms with Gasteiger partial charge in [-0.3, -0.25) is 9.00 Å².